The van der Waals surface area contributed by atoms with Crippen molar-refractivity contribution < 1.29 is 0 Å². The van der Waals surface area contributed by atoms with E-state index in [1.54, 1.807) is 0 Å². The average molecular weight is 667 g/mol. The summed E-state index contributed by atoms with van der Waals surface area (Å²) in [6.07, 6.45) is 7.98. The molecule has 4 nitrogen and oxygen atoms in total. The Balaban J connectivity index is 1.12. The second-order valence-corrected chi connectivity index (χ2v) is 13.8. The van der Waals surface area contributed by atoms with Gasteiger partial charge in [-0.2, -0.15) is 0 Å². The van der Waals surface area contributed by atoms with Crippen molar-refractivity contribution in [1.29, 1.82) is 0 Å². The SMILES string of the molecule is C1=Cc2c(n(-c3cccc(-c4cccc(-n5c6ccccc6c6c5ccc5c7ccccc7n(-c7ccccc7)c56)n4)c3)c3ccccc23)CCC1. The van der Waals surface area contributed by atoms with Crippen LogP contribution in [0.3, 0.4) is 0 Å². The number of allylic oxidation sites excluding steroid dienone is 1. The van der Waals surface area contributed by atoms with Crippen molar-refractivity contribution in [2.24, 2.45) is 0 Å². The Morgan fingerprint density at radius 3 is 2.02 bits per heavy atom. The Kier molecular flexibility index (Phi) is 6.41. The van der Waals surface area contributed by atoms with Crippen molar-refractivity contribution in [3.05, 3.63) is 175 Å². The maximum Gasteiger partial charge on any atom is 0.138 e. The monoisotopic (exact) mass is 666 g/mol. The molecule has 0 amide bonds. The first-order valence-corrected chi connectivity index (χ1v) is 18.2. The molecule has 0 radical (unpaired) electrons. The van der Waals surface area contributed by atoms with Gasteiger partial charge in [-0.3, -0.25) is 4.57 Å². The predicted octanol–water partition coefficient (Wildman–Crippen LogP) is 12.2. The largest absolute Gasteiger partial charge is 0.313 e. The lowest BCUT2D eigenvalue weighted by molar-refractivity contribution is 0.807. The molecule has 11 rings (SSSR count). The van der Waals surface area contributed by atoms with Gasteiger partial charge >= 0.3 is 0 Å². The van der Waals surface area contributed by atoms with Gasteiger partial charge < -0.3 is 9.13 Å². The lowest BCUT2D eigenvalue weighted by Crippen LogP contribution is -2.02. The quantitative estimate of drug-likeness (QED) is 0.184. The van der Waals surface area contributed by atoms with E-state index < -0.39 is 0 Å². The number of hydrogen-bond acceptors (Lipinski definition) is 1. The van der Waals surface area contributed by atoms with Gasteiger partial charge in [0.25, 0.3) is 0 Å². The van der Waals surface area contributed by atoms with Crippen molar-refractivity contribution in [2.75, 3.05) is 0 Å². The number of nitrogens with zero attached hydrogens (tertiary/aromatic N) is 4. The molecule has 0 atom stereocenters. The summed E-state index contributed by atoms with van der Waals surface area (Å²) in [5, 5.41) is 6.26. The molecule has 0 unspecified atom stereocenters. The van der Waals surface area contributed by atoms with Crippen molar-refractivity contribution in [1.82, 2.24) is 18.7 Å². The lowest BCUT2D eigenvalue weighted by Gasteiger charge is -2.14. The average Bonchev–Trinajstić information content (AvgIpc) is 3.76. The van der Waals surface area contributed by atoms with E-state index in [1.807, 2.05) is 0 Å². The van der Waals surface area contributed by atoms with Crippen molar-refractivity contribution >= 4 is 60.6 Å². The van der Waals surface area contributed by atoms with Crippen LogP contribution in [0.15, 0.2) is 164 Å². The van der Waals surface area contributed by atoms with Gasteiger partial charge in [0.1, 0.15) is 5.82 Å². The van der Waals surface area contributed by atoms with E-state index in [4.69, 9.17) is 4.98 Å². The standard InChI is InChI=1S/C48H34N4/c1-3-16-33(17-4-1)51-43-26-11-8-21-37(43)38-29-30-45-47(48(38)51)39-22-9-12-27-44(39)52(45)46-28-14-23-40(49-46)32-15-13-18-34(31-32)50-41-24-6-2-5-19-35(41)36-20-7-10-25-42(36)50/h1,3-5,7-23,25-31H,2,6,24H2. The number of para-hydroxylation sites is 4. The molecule has 10 aromatic rings. The number of rotatable bonds is 4. The summed E-state index contributed by atoms with van der Waals surface area (Å²) >= 11 is 0. The molecule has 246 valence electrons. The summed E-state index contributed by atoms with van der Waals surface area (Å²) in [4.78, 5) is 5.41. The van der Waals surface area contributed by atoms with Gasteiger partial charge in [-0.1, -0.05) is 109 Å². The van der Waals surface area contributed by atoms with Crippen molar-refractivity contribution in [3.63, 3.8) is 0 Å². The molecule has 0 spiro atoms. The van der Waals surface area contributed by atoms with Crippen molar-refractivity contribution in [3.8, 4) is 28.5 Å². The van der Waals surface area contributed by atoms with E-state index in [-0.39, 0.29) is 0 Å². The summed E-state index contributed by atoms with van der Waals surface area (Å²) in [6.45, 7) is 0. The summed E-state index contributed by atoms with van der Waals surface area (Å²) in [5.41, 5.74) is 13.1. The minimum Gasteiger partial charge on any atom is -0.313 e. The highest BCUT2D eigenvalue weighted by atomic mass is 15.1. The highest BCUT2D eigenvalue weighted by Gasteiger charge is 2.22. The Morgan fingerprint density at radius 2 is 1.17 bits per heavy atom. The Labute approximate surface area is 301 Å². The topological polar surface area (TPSA) is 27.7 Å². The van der Waals surface area contributed by atoms with E-state index in [2.05, 4.69) is 184 Å². The molecule has 4 heteroatoms. The number of aromatic nitrogens is 4. The maximum absolute atomic E-state index is 5.41. The number of pyridine rings is 1. The normalized spacial score (nSPS) is 13.1. The minimum atomic E-state index is 0.904. The first-order chi connectivity index (χ1) is 25.8. The third-order valence-electron chi connectivity index (χ3n) is 10.9. The fourth-order valence-electron chi connectivity index (χ4n) is 8.75. The van der Waals surface area contributed by atoms with E-state index in [9.17, 15) is 0 Å². The van der Waals surface area contributed by atoms with Crippen LogP contribution in [0.4, 0.5) is 0 Å². The summed E-state index contributed by atoms with van der Waals surface area (Å²) in [6, 6.07) is 57.0. The Hall–Kier alpha value is -6.65. The zero-order valence-corrected chi connectivity index (χ0v) is 28.6. The second kappa shape index (κ2) is 11.4. The lowest BCUT2D eigenvalue weighted by atomic mass is 10.1. The molecular weight excluding hydrogens is 633 g/mol. The molecule has 0 N–H and O–H groups in total. The van der Waals surface area contributed by atoms with Gasteiger partial charge in [-0.05, 0) is 79.9 Å². The van der Waals surface area contributed by atoms with E-state index >= 15 is 0 Å². The summed E-state index contributed by atoms with van der Waals surface area (Å²) in [5.74, 6) is 0.904. The van der Waals surface area contributed by atoms with Gasteiger partial charge in [0.2, 0.25) is 0 Å². The van der Waals surface area contributed by atoms with E-state index in [0.717, 1.165) is 53.1 Å². The van der Waals surface area contributed by atoms with Gasteiger partial charge in [-0.15, -0.1) is 0 Å². The molecule has 52 heavy (non-hydrogen) atoms. The summed E-state index contributed by atoms with van der Waals surface area (Å²) in [7, 11) is 0. The van der Waals surface area contributed by atoms with Crippen LogP contribution in [-0.2, 0) is 6.42 Å². The fraction of sp³-hybridized carbons (Fsp3) is 0.0625. The molecule has 0 bridgehead atoms. The van der Waals surface area contributed by atoms with Gasteiger partial charge in [0.05, 0.1) is 33.3 Å². The van der Waals surface area contributed by atoms with Crippen LogP contribution in [-0.4, -0.2) is 18.7 Å². The van der Waals surface area contributed by atoms with Crippen LogP contribution in [0.2, 0.25) is 0 Å². The Morgan fingerprint density at radius 1 is 0.481 bits per heavy atom. The van der Waals surface area contributed by atoms with Gasteiger partial charge in [-0.25, -0.2) is 4.98 Å². The number of hydrogen-bond donors (Lipinski definition) is 0. The van der Waals surface area contributed by atoms with Crippen LogP contribution in [0.1, 0.15) is 24.1 Å². The fourth-order valence-corrected chi connectivity index (χ4v) is 8.75. The zero-order valence-electron chi connectivity index (χ0n) is 28.6. The van der Waals surface area contributed by atoms with Crippen molar-refractivity contribution in [2.45, 2.75) is 19.3 Å². The molecule has 6 aromatic carbocycles. The number of fused-ring (bicyclic) bond motifs is 10. The van der Waals surface area contributed by atoms with Crippen LogP contribution in [0, 0.1) is 0 Å². The molecule has 0 fully saturated rings. The second-order valence-electron chi connectivity index (χ2n) is 13.8. The van der Waals surface area contributed by atoms with Crippen LogP contribution in [0.5, 0.6) is 0 Å². The summed E-state index contributed by atoms with van der Waals surface area (Å²) < 4.78 is 7.24. The molecule has 0 aliphatic heterocycles. The van der Waals surface area contributed by atoms with E-state index in [1.165, 1.54) is 60.4 Å². The van der Waals surface area contributed by atoms with Crippen LogP contribution >= 0.6 is 0 Å². The maximum atomic E-state index is 5.41. The molecule has 4 aromatic heterocycles. The molecule has 0 saturated carbocycles. The highest BCUT2D eigenvalue weighted by Crippen LogP contribution is 2.42. The van der Waals surface area contributed by atoms with Gasteiger partial charge in [0.15, 0.2) is 0 Å². The first-order valence-electron chi connectivity index (χ1n) is 18.2. The minimum absolute atomic E-state index is 0.904. The third-order valence-corrected chi connectivity index (χ3v) is 10.9. The number of benzene rings is 6. The van der Waals surface area contributed by atoms with Crippen LogP contribution in [0.25, 0.3) is 89.0 Å². The smallest absolute Gasteiger partial charge is 0.138 e. The molecule has 4 heterocycles. The van der Waals surface area contributed by atoms with Gasteiger partial charge in [0, 0.05) is 55.1 Å². The Bertz CT molecular complexity index is 3040. The first kappa shape index (κ1) is 29.1. The molecule has 1 aliphatic carbocycles. The van der Waals surface area contributed by atoms with Crippen LogP contribution < -0.4 is 0 Å². The molecular formula is C48H34N4. The molecule has 1 aliphatic rings. The third kappa shape index (κ3) is 4.24. The predicted molar refractivity (Wildman–Crippen MR) is 217 cm³/mol. The van der Waals surface area contributed by atoms with E-state index in [0.29, 0.717) is 0 Å². The highest BCUT2D eigenvalue weighted by molar-refractivity contribution is 6.26. The zero-order chi connectivity index (χ0) is 34.2. The molecule has 0 saturated heterocycles.